The molecule has 5 heteroatoms. The number of aromatic nitrogens is 1. The molecule has 0 unspecified atom stereocenters. The normalized spacial score (nSPS) is 14.8. The second kappa shape index (κ2) is 8.78. The maximum atomic E-state index is 12.9. The highest BCUT2D eigenvalue weighted by Crippen LogP contribution is 2.26. The van der Waals surface area contributed by atoms with Gasteiger partial charge in [-0.1, -0.05) is 36.4 Å². The number of hydrogen-bond acceptors (Lipinski definition) is 4. The van der Waals surface area contributed by atoms with Gasteiger partial charge >= 0.3 is 0 Å². The van der Waals surface area contributed by atoms with Crippen LogP contribution >= 0.6 is 11.3 Å². The molecule has 1 aliphatic rings. The molecule has 1 aromatic heterocycles. The molecule has 0 spiro atoms. The van der Waals surface area contributed by atoms with E-state index in [1.807, 2.05) is 16.3 Å². The summed E-state index contributed by atoms with van der Waals surface area (Å²) in [6.45, 7) is 5.82. The monoisotopic (exact) mass is 405 g/mol. The summed E-state index contributed by atoms with van der Waals surface area (Å²) in [7, 11) is 0. The largest absolute Gasteiger partial charge is 0.337 e. The number of hydrogen-bond donors (Lipinski definition) is 1. The van der Waals surface area contributed by atoms with Crippen LogP contribution in [0.3, 0.4) is 0 Å². The van der Waals surface area contributed by atoms with E-state index in [1.54, 1.807) is 0 Å². The van der Waals surface area contributed by atoms with Crippen molar-refractivity contribution in [3.05, 3.63) is 76.3 Å². The first kappa shape index (κ1) is 19.6. The number of carbonyl (C=O) groups excluding carboxylic acids is 1. The molecule has 1 fully saturated rings. The molecular formula is C24H27N3OS. The highest BCUT2D eigenvalue weighted by Gasteiger charge is 2.25. The van der Waals surface area contributed by atoms with Crippen molar-refractivity contribution in [3.8, 4) is 0 Å². The van der Waals surface area contributed by atoms with Gasteiger partial charge in [0.2, 0.25) is 0 Å². The Morgan fingerprint density at radius 2 is 1.86 bits per heavy atom. The fraction of sp³-hybridized carbons (Fsp3) is 0.333. The van der Waals surface area contributed by atoms with E-state index in [9.17, 15) is 4.79 Å². The summed E-state index contributed by atoms with van der Waals surface area (Å²) in [4.78, 5) is 19.4. The second-order valence-corrected chi connectivity index (χ2v) is 8.75. The van der Waals surface area contributed by atoms with Crippen LogP contribution in [0, 0.1) is 19.8 Å². The zero-order chi connectivity index (χ0) is 20.2. The molecule has 0 radical (unpaired) electrons. The summed E-state index contributed by atoms with van der Waals surface area (Å²) in [6, 6.07) is 16.9. The fourth-order valence-electron chi connectivity index (χ4n) is 3.82. The molecular weight excluding hydrogens is 378 g/mol. The quantitative estimate of drug-likeness (QED) is 0.601. The van der Waals surface area contributed by atoms with Gasteiger partial charge < -0.3 is 10.2 Å². The first-order valence-electron chi connectivity index (χ1n) is 10.2. The number of piperidine rings is 1. The van der Waals surface area contributed by atoms with Crippen LogP contribution in [0.5, 0.6) is 0 Å². The molecule has 2 aromatic carbocycles. The molecule has 1 aliphatic heterocycles. The van der Waals surface area contributed by atoms with E-state index in [0.29, 0.717) is 11.6 Å². The molecule has 1 saturated heterocycles. The predicted molar refractivity (Wildman–Crippen MR) is 120 cm³/mol. The first-order valence-corrected chi connectivity index (χ1v) is 11.1. The minimum atomic E-state index is 0.0487. The second-order valence-electron chi connectivity index (χ2n) is 7.89. The lowest BCUT2D eigenvalue weighted by atomic mass is 9.90. The Bertz CT molecular complexity index is 975. The number of aryl methyl sites for hydroxylation is 2. The van der Waals surface area contributed by atoms with Crippen LogP contribution in [0.25, 0.3) is 0 Å². The Morgan fingerprint density at radius 3 is 2.59 bits per heavy atom. The van der Waals surface area contributed by atoms with Gasteiger partial charge in [0, 0.05) is 24.2 Å². The van der Waals surface area contributed by atoms with Crippen LogP contribution < -0.4 is 5.32 Å². The number of likely N-dealkylation sites (tertiary alicyclic amines) is 1. The van der Waals surface area contributed by atoms with Crippen LogP contribution in [0.4, 0.5) is 10.8 Å². The highest BCUT2D eigenvalue weighted by molar-refractivity contribution is 7.14. The van der Waals surface area contributed by atoms with Gasteiger partial charge in [0.15, 0.2) is 5.13 Å². The molecule has 1 N–H and O–H groups in total. The Kier molecular flexibility index (Phi) is 5.95. The van der Waals surface area contributed by atoms with Crippen LogP contribution in [0.1, 0.15) is 40.0 Å². The number of carbonyl (C=O) groups is 1. The van der Waals surface area contributed by atoms with Crippen molar-refractivity contribution in [2.45, 2.75) is 33.1 Å². The van der Waals surface area contributed by atoms with Crippen molar-refractivity contribution >= 4 is 28.1 Å². The van der Waals surface area contributed by atoms with Crippen LogP contribution in [-0.4, -0.2) is 28.9 Å². The maximum absolute atomic E-state index is 12.9. The summed E-state index contributed by atoms with van der Waals surface area (Å²) in [6.07, 6.45) is 3.21. The van der Waals surface area contributed by atoms with Gasteiger partial charge in [-0.15, -0.1) is 11.3 Å². The summed E-state index contributed by atoms with van der Waals surface area (Å²) in [5, 5.41) is 5.94. The van der Waals surface area contributed by atoms with E-state index in [1.165, 1.54) is 28.0 Å². The number of thiazole rings is 1. The molecule has 4 rings (SSSR count). The van der Waals surface area contributed by atoms with E-state index in [0.717, 1.165) is 43.2 Å². The Labute approximate surface area is 176 Å². The number of anilines is 2. The third-order valence-corrected chi connectivity index (χ3v) is 6.51. The molecule has 3 aromatic rings. The summed E-state index contributed by atoms with van der Waals surface area (Å²) in [5.74, 6) is 0.700. The number of nitrogens with zero attached hydrogens (tertiary/aromatic N) is 2. The van der Waals surface area contributed by atoms with E-state index in [4.69, 9.17) is 0 Å². The SMILES string of the molecule is Cc1ccc(Nc2nc(C(=O)N3CCC(Cc4ccccc4)CC3)cs2)cc1C. The molecule has 29 heavy (non-hydrogen) atoms. The van der Waals surface area contributed by atoms with Crippen molar-refractivity contribution in [1.29, 1.82) is 0 Å². The molecule has 150 valence electrons. The third kappa shape index (κ3) is 4.85. The molecule has 2 heterocycles. The van der Waals surface area contributed by atoms with Crippen LogP contribution in [0.2, 0.25) is 0 Å². The van der Waals surface area contributed by atoms with E-state index in [2.05, 4.69) is 66.6 Å². The van der Waals surface area contributed by atoms with Crippen molar-refractivity contribution in [2.75, 3.05) is 18.4 Å². The van der Waals surface area contributed by atoms with Gasteiger partial charge in [0.25, 0.3) is 5.91 Å². The minimum Gasteiger partial charge on any atom is -0.337 e. The first-order chi connectivity index (χ1) is 14.1. The predicted octanol–water partition coefficient (Wildman–Crippen LogP) is 5.60. The molecule has 0 bridgehead atoms. The van der Waals surface area contributed by atoms with Crippen molar-refractivity contribution < 1.29 is 4.79 Å². The lowest BCUT2D eigenvalue weighted by molar-refractivity contribution is 0.0685. The number of rotatable bonds is 5. The number of amides is 1. The zero-order valence-corrected chi connectivity index (χ0v) is 17.8. The lowest BCUT2D eigenvalue weighted by Crippen LogP contribution is -2.39. The van der Waals surface area contributed by atoms with Crippen LogP contribution in [0.15, 0.2) is 53.9 Å². The van der Waals surface area contributed by atoms with Gasteiger partial charge in [-0.2, -0.15) is 0 Å². The maximum Gasteiger partial charge on any atom is 0.273 e. The third-order valence-electron chi connectivity index (χ3n) is 5.75. The van der Waals surface area contributed by atoms with Gasteiger partial charge in [0.1, 0.15) is 5.69 Å². The Balaban J connectivity index is 1.33. The number of benzene rings is 2. The molecule has 0 saturated carbocycles. The molecule has 1 amide bonds. The fourth-order valence-corrected chi connectivity index (χ4v) is 4.53. The number of nitrogens with one attached hydrogen (secondary N) is 1. The minimum absolute atomic E-state index is 0.0487. The van der Waals surface area contributed by atoms with Gasteiger partial charge in [-0.25, -0.2) is 4.98 Å². The summed E-state index contributed by atoms with van der Waals surface area (Å²) in [5.41, 5.74) is 5.44. The molecule has 0 aliphatic carbocycles. The highest BCUT2D eigenvalue weighted by atomic mass is 32.1. The van der Waals surface area contributed by atoms with Crippen LogP contribution in [-0.2, 0) is 6.42 Å². The summed E-state index contributed by atoms with van der Waals surface area (Å²) >= 11 is 1.48. The zero-order valence-electron chi connectivity index (χ0n) is 17.0. The van der Waals surface area contributed by atoms with Gasteiger partial charge in [-0.05, 0) is 67.9 Å². The standard InChI is InChI=1S/C24H27N3OS/c1-17-8-9-21(14-18(17)2)25-24-26-22(16-29-24)23(28)27-12-10-20(11-13-27)15-19-6-4-3-5-7-19/h3-9,14,16,20H,10-13,15H2,1-2H3,(H,25,26). The molecule has 4 nitrogen and oxygen atoms in total. The topological polar surface area (TPSA) is 45.2 Å². The summed E-state index contributed by atoms with van der Waals surface area (Å²) < 4.78 is 0. The lowest BCUT2D eigenvalue weighted by Gasteiger charge is -2.31. The molecule has 0 atom stereocenters. The van der Waals surface area contributed by atoms with E-state index in [-0.39, 0.29) is 5.91 Å². The van der Waals surface area contributed by atoms with Crippen molar-refractivity contribution in [3.63, 3.8) is 0 Å². The average molecular weight is 406 g/mol. The Morgan fingerprint density at radius 1 is 1.10 bits per heavy atom. The van der Waals surface area contributed by atoms with Gasteiger partial charge in [0.05, 0.1) is 0 Å². The smallest absolute Gasteiger partial charge is 0.273 e. The van der Waals surface area contributed by atoms with E-state index < -0.39 is 0 Å². The van der Waals surface area contributed by atoms with Gasteiger partial charge in [-0.3, -0.25) is 4.79 Å². The van der Waals surface area contributed by atoms with Crippen molar-refractivity contribution in [1.82, 2.24) is 9.88 Å². The van der Waals surface area contributed by atoms with E-state index >= 15 is 0 Å². The van der Waals surface area contributed by atoms with Crippen molar-refractivity contribution in [2.24, 2.45) is 5.92 Å². The Hall–Kier alpha value is -2.66. The average Bonchev–Trinajstić information content (AvgIpc) is 3.20.